The van der Waals surface area contributed by atoms with Crippen molar-refractivity contribution in [3.8, 4) is 11.3 Å². The molecular weight excluding hydrogens is 482 g/mol. The summed E-state index contributed by atoms with van der Waals surface area (Å²) in [5.41, 5.74) is 2.56. The molecule has 38 heavy (non-hydrogen) atoms. The van der Waals surface area contributed by atoms with Crippen molar-refractivity contribution in [3.05, 3.63) is 77.4 Å². The van der Waals surface area contributed by atoms with E-state index in [9.17, 15) is 13.6 Å². The highest BCUT2D eigenvalue weighted by molar-refractivity contribution is 6.02. The van der Waals surface area contributed by atoms with E-state index in [-0.39, 0.29) is 23.6 Å². The minimum Gasteiger partial charge on any atom is -0.292 e. The van der Waals surface area contributed by atoms with E-state index in [1.807, 2.05) is 62.1 Å². The van der Waals surface area contributed by atoms with Gasteiger partial charge in [0.2, 0.25) is 5.91 Å². The van der Waals surface area contributed by atoms with E-state index in [1.54, 1.807) is 0 Å². The van der Waals surface area contributed by atoms with Gasteiger partial charge in [0.15, 0.2) is 5.82 Å². The number of hydrogen-bond acceptors (Lipinski definition) is 4. The van der Waals surface area contributed by atoms with Crippen LogP contribution in [0.4, 0.5) is 14.6 Å². The summed E-state index contributed by atoms with van der Waals surface area (Å²) >= 11 is 0. The third-order valence-electron chi connectivity index (χ3n) is 7.51. The summed E-state index contributed by atoms with van der Waals surface area (Å²) in [5.74, 6) is -0.478. The molecule has 1 fully saturated rings. The second kappa shape index (κ2) is 10.7. The van der Waals surface area contributed by atoms with Gasteiger partial charge in [-0.25, -0.2) is 8.78 Å². The molecule has 0 spiro atoms. The molecule has 0 saturated heterocycles. The topological polar surface area (TPSA) is 58.5 Å². The predicted molar refractivity (Wildman–Crippen MR) is 146 cm³/mol. The van der Waals surface area contributed by atoms with Crippen molar-refractivity contribution in [2.24, 2.45) is 10.4 Å². The Bertz CT molecular complexity index is 1300. The van der Waals surface area contributed by atoms with Crippen LogP contribution in [0.25, 0.3) is 11.3 Å². The van der Waals surface area contributed by atoms with Crippen molar-refractivity contribution < 1.29 is 13.6 Å². The fraction of sp³-hybridized carbons (Fsp3) is 0.419. The molecule has 0 N–H and O–H groups in total. The molecule has 2 aliphatic rings. The number of hydrogen-bond donors (Lipinski definition) is 0. The van der Waals surface area contributed by atoms with E-state index in [1.165, 1.54) is 24.6 Å². The number of benzene rings is 2. The van der Waals surface area contributed by atoms with Crippen LogP contribution in [0.2, 0.25) is 0 Å². The van der Waals surface area contributed by atoms with Crippen molar-refractivity contribution in [2.45, 2.75) is 77.8 Å². The first-order valence-electron chi connectivity index (χ1n) is 13.5. The van der Waals surface area contributed by atoms with Crippen molar-refractivity contribution in [1.29, 1.82) is 0 Å². The fourth-order valence-corrected chi connectivity index (χ4v) is 5.44. The molecule has 2 heterocycles. The Hall–Kier alpha value is -3.48. The molecule has 5 rings (SSSR count). The van der Waals surface area contributed by atoms with E-state index < -0.39 is 17.0 Å². The van der Waals surface area contributed by atoms with Gasteiger partial charge in [-0.05, 0) is 55.5 Å². The van der Waals surface area contributed by atoms with Crippen molar-refractivity contribution in [3.63, 3.8) is 0 Å². The molecular formula is C31H34F2N4O. The van der Waals surface area contributed by atoms with Gasteiger partial charge in [-0.2, -0.15) is 0 Å². The minimum atomic E-state index is -0.576. The molecule has 1 unspecified atom stereocenters. The molecule has 1 aliphatic heterocycles. The number of halogens is 2. The van der Waals surface area contributed by atoms with Crippen LogP contribution in [0.15, 0.2) is 59.6 Å². The number of aromatic nitrogens is 2. The van der Waals surface area contributed by atoms with E-state index in [0.717, 1.165) is 42.5 Å². The van der Waals surface area contributed by atoms with Crippen LogP contribution < -0.4 is 4.90 Å². The zero-order chi connectivity index (χ0) is 26.9. The Morgan fingerprint density at radius 3 is 2.16 bits per heavy atom. The summed E-state index contributed by atoms with van der Waals surface area (Å²) in [6.45, 7) is 5.83. The minimum absolute atomic E-state index is 0.0193. The summed E-state index contributed by atoms with van der Waals surface area (Å²) < 4.78 is 28.4. The quantitative estimate of drug-likeness (QED) is 0.354. The normalized spacial score (nSPS) is 18.3. The first kappa shape index (κ1) is 26.1. The predicted octanol–water partition coefficient (Wildman–Crippen LogP) is 7.46. The van der Waals surface area contributed by atoms with Crippen LogP contribution in [0.5, 0.6) is 0 Å². The van der Waals surface area contributed by atoms with E-state index in [4.69, 9.17) is 0 Å². The van der Waals surface area contributed by atoms with Crippen molar-refractivity contribution in [2.75, 3.05) is 4.90 Å². The first-order chi connectivity index (χ1) is 18.2. The van der Waals surface area contributed by atoms with Gasteiger partial charge >= 0.3 is 0 Å². The maximum atomic E-state index is 14.2. The molecule has 0 radical (unpaired) electrons. The molecule has 1 aliphatic carbocycles. The SMILES string of the molecule is CC(C)(C)C(=O)N(c1ccc(-c2ccc(C3CCC(c4c(F)cccc4F)=N3)cc2)nn1)C1CCCCC1. The molecule has 1 saturated carbocycles. The average molecular weight is 517 g/mol. The van der Waals surface area contributed by atoms with Gasteiger partial charge < -0.3 is 0 Å². The number of aliphatic imine (C=N–C) groups is 1. The monoisotopic (exact) mass is 516 g/mol. The molecule has 5 nitrogen and oxygen atoms in total. The maximum Gasteiger partial charge on any atom is 0.233 e. The van der Waals surface area contributed by atoms with E-state index in [2.05, 4.69) is 15.2 Å². The van der Waals surface area contributed by atoms with Crippen molar-refractivity contribution in [1.82, 2.24) is 10.2 Å². The summed E-state index contributed by atoms with van der Waals surface area (Å²) in [5, 5.41) is 8.96. The second-order valence-corrected chi connectivity index (χ2v) is 11.3. The van der Waals surface area contributed by atoms with Gasteiger partial charge in [0, 0.05) is 22.7 Å². The molecule has 2 aromatic carbocycles. The lowest BCUT2D eigenvalue weighted by Gasteiger charge is -2.37. The lowest BCUT2D eigenvalue weighted by Crippen LogP contribution is -2.47. The highest BCUT2D eigenvalue weighted by atomic mass is 19.1. The summed E-state index contributed by atoms with van der Waals surface area (Å²) in [7, 11) is 0. The van der Waals surface area contributed by atoms with Gasteiger partial charge in [0.05, 0.1) is 17.3 Å². The van der Waals surface area contributed by atoms with Crippen LogP contribution in [-0.4, -0.2) is 27.9 Å². The lowest BCUT2D eigenvalue weighted by atomic mass is 9.89. The van der Waals surface area contributed by atoms with Crippen LogP contribution in [0.1, 0.15) is 82.9 Å². The van der Waals surface area contributed by atoms with Gasteiger partial charge in [-0.15, -0.1) is 10.2 Å². The highest BCUT2D eigenvalue weighted by Gasteiger charge is 2.34. The molecule has 1 atom stereocenters. The van der Waals surface area contributed by atoms with Gasteiger partial charge in [-0.3, -0.25) is 14.7 Å². The third-order valence-corrected chi connectivity index (χ3v) is 7.51. The Balaban J connectivity index is 1.34. The van der Waals surface area contributed by atoms with E-state index >= 15 is 0 Å². The highest BCUT2D eigenvalue weighted by Crippen LogP contribution is 2.34. The van der Waals surface area contributed by atoms with Gasteiger partial charge in [-0.1, -0.05) is 70.4 Å². The maximum absolute atomic E-state index is 14.2. The number of carbonyl (C=O) groups excluding carboxylic acids is 1. The molecule has 3 aromatic rings. The Kier molecular flexibility index (Phi) is 7.37. The largest absolute Gasteiger partial charge is 0.292 e. The number of rotatable bonds is 5. The number of anilines is 1. The Labute approximate surface area is 223 Å². The van der Waals surface area contributed by atoms with Crippen LogP contribution >= 0.6 is 0 Å². The smallest absolute Gasteiger partial charge is 0.233 e. The second-order valence-electron chi connectivity index (χ2n) is 11.3. The summed E-state index contributed by atoms with van der Waals surface area (Å²) in [4.78, 5) is 19.8. The Morgan fingerprint density at radius 1 is 0.868 bits per heavy atom. The van der Waals surface area contributed by atoms with E-state index in [0.29, 0.717) is 24.4 Å². The number of nitrogens with zero attached hydrogens (tertiary/aromatic N) is 4. The number of carbonyl (C=O) groups is 1. The summed E-state index contributed by atoms with van der Waals surface area (Å²) in [6.07, 6.45) is 6.67. The Morgan fingerprint density at radius 2 is 1.55 bits per heavy atom. The molecule has 1 amide bonds. The standard InChI is InChI=1S/C31H34F2N4O/c1-31(2,3)30(38)37(22-8-5-4-6-9-22)28-19-18-26(35-36-28)21-14-12-20(13-15-21)25-16-17-27(34-25)29-23(32)10-7-11-24(29)33/h7,10-15,18-19,22,25H,4-6,8-9,16-17H2,1-3H3. The van der Waals surface area contributed by atoms with Crippen LogP contribution in [-0.2, 0) is 4.79 Å². The molecule has 198 valence electrons. The zero-order valence-corrected chi connectivity index (χ0v) is 22.3. The molecule has 1 aromatic heterocycles. The zero-order valence-electron chi connectivity index (χ0n) is 22.3. The van der Waals surface area contributed by atoms with Crippen molar-refractivity contribution >= 4 is 17.4 Å². The summed E-state index contributed by atoms with van der Waals surface area (Å²) in [6, 6.07) is 15.6. The van der Waals surface area contributed by atoms with Gasteiger partial charge in [0.1, 0.15) is 11.6 Å². The average Bonchev–Trinajstić information content (AvgIpc) is 3.39. The fourth-order valence-electron chi connectivity index (χ4n) is 5.44. The first-order valence-corrected chi connectivity index (χ1v) is 13.5. The van der Waals surface area contributed by atoms with Crippen LogP contribution in [0, 0.1) is 17.0 Å². The van der Waals surface area contributed by atoms with Gasteiger partial charge in [0.25, 0.3) is 0 Å². The van der Waals surface area contributed by atoms with Crippen LogP contribution in [0.3, 0.4) is 0 Å². The number of amides is 1. The molecule has 7 heteroatoms. The molecule has 0 bridgehead atoms. The lowest BCUT2D eigenvalue weighted by molar-refractivity contribution is -0.126. The third kappa shape index (κ3) is 5.38.